The Kier molecular flexibility index (Phi) is 2.17. The van der Waals surface area contributed by atoms with Crippen molar-refractivity contribution < 1.29 is 9.90 Å². The van der Waals surface area contributed by atoms with Crippen molar-refractivity contribution in [2.24, 2.45) is 5.41 Å². The van der Waals surface area contributed by atoms with E-state index in [1.54, 1.807) is 13.8 Å². The molecule has 0 unspecified atom stereocenters. The first kappa shape index (κ1) is 9.52. The van der Waals surface area contributed by atoms with Gasteiger partial charge in [0.05, 0.1) is 11.0 Å². The highest BCUT2D eigenvalue weighted by Crippen LogP contribution is 2.49. The predicted octanol–water partition coefficient (Wildman–Crippen LogP) is 0.674. The summed E-state index contributed by atoms with van der Waals surface area (Å²) in [4.78, 5) is 11.5. The maximum atomic E-state index is 11.5. The first-order valence-corrected chi connectivity index (χ1v) is 4.45. The SMILES string of the molecule is CCNC(=O)C(C)(C)C1(O)CC1. The first-order valence-electron chi connectivity index (χ1n) is 4.45. The van der Waals surface area contributed by atoms with Gasteiger partial charge in [0.15, 0.2) is 0 Å². The lowest BCUT2D eigenvalue weighted by Crippen LogP contribution is -2.46. The normalized spacial score (nSPS) is 20.3. The van der Waals surface area contributed by atoms with Crippen molar-refractivity contribution in [3.05, 3.63) is 0 Å². The summed E-state index contributed by atoms with van der Waals surface area (Å²) in [5, 5.41) is 12.5. The van der Waals surface area contributed by atoms with Crippen molar-refractivity contribution in [1.29, 1.82) is 0 Å². The highest BCUT2D eigenvalue weighted by Gasteiger charge is 2.56. The van der Waals surface area contributed by atoms with Crippen molar-refractivity contribution in [3.63, 3.8) is 0 Å². The fourth-order valence-corrected chi connectivity index (χ4v) is 1.34. The number of rotatable bonds is 3. The fourth-order valence-electron chi connectivity index (χ4n) is 1.34. The Bertz CT molecular complexity index is 195. The van der Waals surface area contributed by atoms with E-state index in [0.717, 1.165) is 12.8 Å². The van der Waals surface area contributed by atoms with Gasteiger partial charge in [-0.1, -0.05) is 0 Å². The Hall–Kier alpha value is -0.570. The third-order valence-electron chi connectivity index (χ3n) is 2.79. The van der Waals surface area contributed by atoms with Crippen LogP contribution in [0.3, 0.4) is 0 Å². The summed E-state index contributed by atoms with van der Waals surface area (Å²) in [5.74, 6) is -0.0509. The van der Waals surface area contributed by atoms with Crippen LogP contribution in [0, 0.1) is 5.41 Å². The molecule has 3 heteroatoms. The average Bonchev–Trinajstić information content (AvgIpc) is 2.70. The van der Waals surface area contributed by atoms with Gasteiger partial charge in [0.2, 0.25) is 5.91 Å². The molecular weight excluding hydrogens is 154 g/mol. The number of hydrogen-bond acceptors (Lipinski definition) is 2. The highest BCUT2D eigenvalue weighted by molar-refractivity contribution is 5.83. The highest BCUT2D eigenvalue weighted by atomic mass is 16.3. The van der Waals surface area contributed by atoms with Crippen LogP contribution >= 0.6 is 0 Å². The molecule has 0 aromatic heterocycles. The van der Waals surface area contributed by atoms with Crippen LogP contribution in [-0.4, -0.2) is 23.2 Å². The Labute approximate surface area is 73.2 Å². The minimum absolute atomic E-state index is 0.0509. The van der Waals surface area contributed by atoms with Gasteiger partial charge in [-0.25, -0.2) is 0 Å². The van der Waals surface area contributed by atoms with Crippen LogP contribution in [0.1, 0.15) is 33.6 Å². The molecule has 0 spiro atoms. The van der Waals surface area contributed by atoms with E-state index >= 15 is 0 Å². The van der Waals surface area contributed by atoms with Crippen molar-refractivity contribution in [2.75, 3.05) is 6.54 Å². The molecule has 0 aromatic carbocycles. The molecule has 2 N–H and O–H groups in total. The Balaban J connectivity index is 2.64. The molecule has 0 aromatic rings. The van der Waals surface area contributed by atoms with Crippen molar-refractivity contribution in [2.45, 2.75) is 39.2 Å². The molecule has 0 heterocycles. The van der Waals surface area contributed by atoms with Gasteiger partial charge in [0, 0.05) is 6.54 Å². The zero-order valence-electron chi connectivity index (χ0n) is 7.98. The van der Waals surface area contributed by atoms with Gasteiger partial charge in [0.25, 0.3) is 0 Å². The van der Waals surface area contributed by atoms with Gasteiger partial charge < -0.3 is 10.4 Å². The van der Waals surface area contributed by atoms with Gasteiger partial charge in [-0.3, -0.25) is 4.79 Å². The number of amides is 1. The maximum Gasteiger partial charge on any atom is 0.228 e. The zero-order chi connectivity index (χ0) is 9.41. The van der Waals surface area contributed by atoms with Gasteiger partial charge in [-0.15, -0.1) is 0 Å². The van der Waals surface area contributed by atoms with E-state index in [4.69, 9.17) is 0 Å². The molecule has 0 aliphatic heterocycles. The van der Waals surface area contributed by atoms with Crippen LogP contribution in [0.15, 0.2) is 0 Å². The second kappa shape index (κ2) is 2.73. The quantitative estimate of drug-likeness (QED) is 0.656. The lowest BCUT2D eigenvalue weighted by Gasteiger charge is -2.28. The van der Waals surface area contributed by atoms with Crippen LogP contribution in [0.2, 0.25) is 0 Å². The van der Waals surface area contributed by atoms with Gasteiger partial charge >= 0.3 is 0 Å². The summed E-state index contributed by atoms with van der Waals surface area (Å²) < 4.78 is 0. The lowest BCUT2D eigenvalue weighted by molar-refractivity contribution is -0.136. The molecule has 1 saturated carbocycles. The summed E-state index contributed by atoms with van der Waals surface area (Å²) in [7, 11) is 0. The largest absolute Gasteiger partial charge is 0.389 e. The number of nitrogens with one attached hydrogen (secondary N) is 1. The monoisotopic (exact) mass is 171 g/mol. The van der Waals surface area contributed by atoms with E-state index in [0.29, 0.717) is 6.54 Å². The van der Waals surface area contributed by atoms with E-state index < -0.39 is 11.0 Å². The maximum absolute atomic E-state index is 11.5. The van der Waals surface area contributed by atoms with Crippen molar-refractivity contribution in [3.8, 4) is 0 Å². The molecule has 1 fully saturated rings. The summed E-state index contributed by atoms with van der Waals surface area (Å²) in [6, 6.07) is 0. The summed E-state index contributed by atoms with van der Waals surface area (Å²) in [5.41, 5.74) is -1.38. The van der Waals surface area contributed by atoms with Crippen LogP contribution in [0.4, 0.5) is 0 Å². The van der Waals surface area contributed by atoms with Crippen LogP contribution in [-0.2, 0) is 4.79 Å². The van der Waals surface area contributed by atoms with Gasteiger partial charge in [-0.2, -0.15) is 0 Å². The fraction of sp³-hybridized carbons (Fsp3) is 0.889. The summed E-state index contributed by atoms with van der Waals surface area (Å²) in [6.45, 7) is 6.10. The standard InChI is InChI=1S/C9H17NO2/c1-4-10-7(11)8(2,3)9(12)5-6-9/h12H,4-6H2,1-3H3,(H,10,11). The van der Waals surface area contributed by atoms with E-state index in [2.05, 4.69) is 5.32 Å². The average molecular weight is 171 g/mol. The second-order valence-corrected chi connectivity index (χ2v) is 4.02. The van der Waals surface area contributed by atoms with E-state index in [9.17, 15) is 9.90 Å². The molecule has 0 saturated heterocycles. The van der Waals surface area contributed by atoms with E-state index in [1.165, 1.54) is 0 Å². The Morgan fingerprint density at radius 2 is 2.08 bits per heavy atom. The van der Waals surface area contributed by atoms with Crippen LogP contribution in [0.5, 0.6) is 0 Å². The molecule has 70 valence electrons. The third-order valence-corrected chi connectivity index (χ3v) is 2.79. The number of carbonyl (C=O) groups excluding carboxylic acids is 1. The molecule has 1 aliphatic carbocycles. The topological polar surface area (TPSA) is 49.3 Å². The Morgan fingerprint density at radius 1 is 1.58 bits per heavy atom. The molecule has 0 atom stereocenters. The van der Waals surface area contributed by atoms with Gasteiger partial charge in [0.1, 0.15) is 0 Å². The number of hydrogen-bond donors (Lipinski definition) is 2. The van der Waals surface area contributed by atoms with Crippen molar-refractivity contribution >= 4 is 5.91 Å². The molecule has 1 rings (SSSR count). The van der Waals surface area contributed by atoms with Crippen LogP contribution in [0.25, 0.3) is 0 Å². The summed E-state index contributed by atoms with van der Waals surface area (Å²) >= 11 is 0. The first-order chi connectivity index (χ1) is 5.44. The molecular formula is C9H17NO2. The second-order valence-electron chi connectivity index (χ2n) is 4.02. The lowest BCUT2D eigenvalue weighted by atomic mass is 9.83. The Morgan fingerprint density at radius 3 is 2.42 bits per heavy atom. The molecule has 1 aliphatic rings. The predicted molar refractivity (Wildman–Crippen MR) is 46.6 cm³/mol. The minimum atomic E-state index is -0.744. The van der Waals surface area contributed by atoms with E-state index in [1.807, 2.05) is 6.92 Å². The molecule has 1 amide bonds. The van der Waals surface area contributed by atoms with Crippen LogP contribution < -0.4 is 5.32 Å². The number of carbonyl (C=O) groups is 1. The molecule has 0 bridgehead atoms. The van der Waals surface area contributed by atoms with Crippen molar-refractivity contribution in [1.82, 2.24) is 5.32 Å². The minimum Gasteiger partial charge on any atom is -0.389 e. The molecule has 3 nitrogen and oxygen atoms in total. The third kappa shape index (κ3) is 1.33. The van der Waals surface area contributed by atoms with E-state index in [-0.39, 0.29) is 5.91 Å². The number of aliphatic hydroxyl groups is 1. The molecule has 0 radical (unpaired) electrons. The zero-order valence-corrected chi connectivity index (χ0v) is 7.98. The summed E-state index contributed by atoms with van der Waals surface area (Å²) in [6.07, 6.45) is 1.49. The smallest absolute Gasteiger partial charge is 0.228 e. The van der Waals surface area contributed by atoms with Gasteiger partial charge in [-0.05, 0) is 33.6 Å². The molecule has 12 heavy (non-hydrogen) atoms.